The highest BCUT2D eigenvalue weighted by molar-refractivity contribution is 7.15. The molecule has 0 bridgehead atoms. The largest absolute Gasteiger partial charge is 0.353 e. The van der Waals surface area contributed by atoms with E-state index in [2.05, 4.69) is 76.0 Å². The van der Waals surface area contributed by atoms with Gasteiger partial charge in [-0.25, -0.2) is 4.98 Å². The summed E-state index contributed by atoms with van der Waals surface area (Å²) < 4.78 is 0. The topological polar surface area (TPSA) is 69.4 Å². The standard InChI is InChI=1S/C24H23N5S/c1-14-5-8-22(30-14)16-3-2-4-19-17(16)13-21(26-19)24-23-20(28-29-24)7-6-18(27-23)15-9-11-25-12-10-15/h2-8,13,15,25-26H,9-12H2,1H3,(H,28,29). The highest BCUT2D eigenvalue weighted by Crippen LogP contribution is 2.36. The molecule has 1 saturated heterocycles. The van der Waals surface area contributed by atoms with Gasteiger partial charge in [-0.15, -0.1) is 11.3 Å². The molecule has 5 nitrogen and oxygen atoms in total. The van der Waals surface area contributed by atoms with Crippen LogP contribution in [0.3, 0.4) is 0 Å². The van der Waals surface area contributed by atoms with Gasteiger partial charge in [0, 0.05) is 37.8 Å². The molecule has 1 aliphatic heterocycles. The van der Waals surface area contributed by atoms with Gasteiger partial charge in [0.2, 0.25) is 0 Å². The zero-order valence-corrected chi connectivity index (χ0v) is 17.6. The van der Waals surface area contributed by atoms with Crippen molar-refractivity contribution in [1.82, 2.24) is 25.5 Å². The van der Waals surface area contributed by atoms with Crippen molar-refractivity contribution >= 4 is 33.3 Å². The number of nitrogens with zero attached hydrogens (tertiary/aromatic N) is 2. The van der Waals surface area contributed by atoms with E-state index in [-0.39, 0.29) is 0 Å². The molecule has 0 amide bonds. The van der Waals surface area contributed by atoms with E-state index in [1.807, 2.05) is 11.3 Å². The van der Waals surface area contributed by atoms with Crippen molar-refractivity contribution in [2.75, 3.05) is 13.1 Å². The first-order valence-corrected chi connectivity index (χ1v) is 11.3. The number of aromatic nitrogens is 4. The van der Waals surface area contributed by atoms with Crippen molar-refractivity contribution in [2.45, 2.75) is 25.7 Å². The molecule has 1 fully saturated rings. The van der Waals surface area contributed by atoms with Crippen LogP contribution in [0.4, 0.5) is 0 Å². The lowest BCUT2D eigenvalue weighted by Crippen LogP contribution is -2.27. The molecule has 6 rings (SSSR count). The SMILES string of the molecule is Cc1ccc(-c2cccc3[nH]c(-c4n[nH]c5ccc(C6CCNCC6)nc45)cc23)s1. The van der Waals surface area contributed by atoms with Gasteiger partial charge < -0.3 is 10.3 Å². The van der Waals surface area contributed by atoms with Gasteiger partial charge in [0.05, 0.1) is 11.2 Å². The highest BCUT2D eigenvalue weighted by atomic mass is 32.1. The Morgan fingerprint density at radius 2 is 1.90 bits per heavy atom. The number of fused-ring (bicyclic) bond motifs is 2. The number of aryl methyl sites for hydroxylation is 1. The molecular formula is C24H23N5S. The van der Waals surface area contributed by atoms with Crippen LogP contribution in [-0.2, 0) is 0 Å². The quantitative estimate of drug-likeness (QED) is 0.360. The van der Waals surface area contributed by atoms with E-state index in [1.165, 1.54) is 26.4 Å². The second kappa shape index (κ2) is 7.07. The molecular weight excluding hydrogens is 390 g/mol. The third kappa shape index (κ3) is 2.95. The van der Waals surface area contributed by atoms with Crippen LogP contribution in [0.1, 0.15) is 29.3 Å². The summed E-state index contributed by atoms with van der Waals surface area (Å²) in [6.07, 6.45) is 2.28. The van der Waals surface area contributed by atoms with E-state index in [0.717, 1.165) is 53.9 Å². The van der Waals surface area contributed by atoms with Crippen molar-refractivity contribution in [2.24, 2.45) is 0 Å². The molecule has 0 unspecified atom stereocenters. The minimum Gasteiger partial charge on any atom is -0.353 e. The van der Waals surface area contributed by atoms with Crippen LogP contribution in [-0.4, -0.2) is 33.3 Å². The zero-order valence-electron chi connectivity index (χ0n) is 16.8. The molecule has 4 aromatic heterocycles. The molecule has 0 spiro atoms. The van der Waals surface area contributed by atoms with Gasteiger partial charge in [0.15, 0.2) is 0 Å². The maximum Gasteiger partial charge on any atom is 0.135 e. The van der Waals surface area contributed by atoms with Gasteiger partial charge in [-0.2, -0.15) is 5.10 Å². The van der Waals surface area contributed by atoms with Crippen molar-refractivity contribution in [1.29, 1.82) is 0 Å². The number of pyridine rings is 1. The van der Waals surface area contributed by atoms with E-state index in [0.29, 0.717) is 5.92 Å². The van der Waals surface area contributed by atoms with E-state index >= 15 is 0 Å². The van der Waals surface area contributed by atoms with Gasteiger partial charge in [-0.1, -0.05) is 12.1 Å². The third-order valence-electron chi connectivity index (χ3n) is 6.11. The number of nitrogens with one attached hydrogen (secondary N) is 3. The fraction of sp³-hybridized carbons (Fsp3) is 0.250. The summed E-state index contributed by atoms with van der Waals surface area (Å²) in [5, 5.41) is 12.5. The summed E-state index contributed by atoms with van der Waals surface area (Å²) in [6.45, 7) is 4.28. The van der Waals surface area contributed by atoms with Crippen LogP contribution in [0.2, 0.25) is 0 Å². The van der Waals surface area contributed by atoms with E-state index in [1.54, 1.807) is 0 Å². The molecule has 150 valence electrons. The number of rotatable bonds is 3. The Labute approximate surface area is 178 Å². The minimum atomic E-state index is 0.523. The molecule has 1 aliphatic rings. The first-order valence-electron chi connectivity index (χ1n) is 10.5. The van der Waals surface area contributed by atoms with Gasteiger partial charge >= 0.3 is 0 Å². The lowest BCUT2D eigenvalue weighted by atomic mass is 9.94. The van der Waals surface area contributed by atoms with Gasteiger partial charge in [-0.3, -0.25) is 5.10 Å². The normalized spacial score (nSPS) is 15.4. The Morgan fingerprint density at radius 3 is 2.73 bits per heavy atom. The molecule has 30 heavy (non-hydrogen) atoms. The van der Waals surface area contributed by atoms with Crippen molar-refractivity contribution in [3.63, 3.8) is 0 Å². The maximum absolute atomic E-state index is 5.05. The maximum atomic E-state index is 5.05. The van der Waals surface area contributed by atoms with Crippen LogP contribution in [0.15, 0.2) is 48.5 Å². The molecule has 1 aromatic carbocycles. The smallest absolute Gasteiger partial charge is 0.135 e. The summed E-state index contributed by atoms with van der Waals surface area (Å²) >= 11 is 1.83. The first-order chi connectivity index (χ1) is 14.8. The highest BCUT2D eigenvalue weighted by Gasteiger charge is 2.19. The molecule has 0 aliphatic carbocycles. The van der Waals surface area contributed by atoms with Crippen molar-refractivity contribution in [3.8, 4) is 21.8 Å². The van der Waals surface area contributed by atoms with Crippen molar-refractivity contribution in [3.05, 3.63) is 59.1 Å². The van der Waals surface area contributed by atoms with E-state index < -0.39 is 0 Å². The third-order valence-corrected chi connectivity index (χ3v) is 7.15. The fourth-order valence-electron chi connectivity index (χ4n) is 4.52. The second-order valence-corrected chi connectivity index (χ2v) is 9.38. The van der Waals surface area contributed by atoms with Crippen LogP contribution in [0.5, 0.6) is 0 Å². The number of hydrogen-bond acceptors (Lipinski definition) is 4. The Bertz CT molecular complexity index is 1350. The number of hydrogen-bond donors (Lipinski definition) is 3. The Morgan fingerprint density at radius 1 is 1.00 bits per heavy atom. The van der Waals surface area contributed by atoms with Gasteiger partial charge in [-0.05, 0) is 69.3 Å². The fourth-order valence-corrected chi connectivity index (χ4v) is 5.43. The van der Waals surface area contributed by atoms with Gasteiger partial charge in [0.25, 0.3) is 0 Å². The first kappa shape index (κ1) is 17.9. The van der Waals surface area contributed by atoms with Crippen molar-refractivity contribution < 1.29 is 0 Å². The van der Waals surface area contributed by atoms with Crippen LogP contribution in [0, 0.1) is 6.92 Å². The minimum absolute atomic E-state index is 0.523. The molecule has 5 aromatic rings. The number of H-pyrrole nitrogens is 2. The lowest BCUT2D eigenvalue weighted by molar-refractivity contribution is 0.454. The summed E-state index contributed by atoms with van der Waals surface area (Å²) in [7, 11) is 0. The zero-order chi connectivity index (χ0) is 20.1. The summed E-state index contributed by atoms with van der Waals surface area (Å²) in [5.74, 6) is 0.523. The van der Waals surface area contributed by atoms with Crippen LogP contribution in [0.25, 0.3) is 43.8 Å². The lowest BCUT2D eigenvalue weighted by Gasteiger charge is -2.22. The predicted octanol–water partition coefficient (Wildman–Crippen LogP) is 5.61. The van der Waals surface area contributed by atoms with E-state index in [4.69, 9.17) is 4.98 Å². The number of benzene rings is 1. The molecule has 0 saturated carbocycles. The summed E-state index contributed by atoms with van der Waals surface area (Å²) in [4.78, 5) is 11.2. The average Bonchev–Trinajstić information content (AvgIpc) is 3.51. The molecule has 3 N–H and O–H groups in total. The monoisotopic (exact) mass is 413 g/mol. The summed E-state index contributed by atoms with van der Waals surface area (Å²) in [5.41, 5.74) is 7.40. The molecule has 5 heterocycles. The molecule has 6 heteroatoms. The van der Waals surface area contributed by atoms with Gasteiger partial charge in [0.1, 0.15) is 11.2 Å². The van der Waals surface area contributed by atoms with Crippen LogP contribution < -0.4 is 5.32 Å². The number of aromatic amines is 2. The Kier molecular flexibility index (Phi) is 4.21. The molecule has 0 atom stereocenters. The van der Waals surface area contributed by atoms with Crippen LogP contribution >= 0.6 is 11.3 Å². The summed E-state index contributed by atoms with van der Waals surface area (Å²) in [6, 6.07) is 17.3. The second-order valence-electron chi connectivity index (χ2n) is 8.09. The average molecular weight is 414 g/mol. The predicted molar refractivity (Wildman–Crippen MR) is 124 cm³/mol. The Hall–Kier alpha value is -2.96. The van der Waals surface area contributed by atoms with E-state index in [9.17, 15) is 0 Å². The number of thiophene rings is 1. The Balaban J connectivity index is 1.47. The number of piperidine rings is 1. The molecule has 0 radical (unpaired) electrons.